The van der Waals surface area contributed by atoms with Crippen molar-refractivity contribution in [2.24, 2.45) is 7.05 Å². The molecule has 0 radical (unpaired) electrons. The third kappa shape index (κ3) is 1.90. The van der Waals surface area contributed by atoms with Crippen molar-refractivity contribution in [3.63, 3.8) is 0 Å². The molecule has 0 fully saturated rings. The number of hydrogen-bond acceptors (Lipinski definition) is 3. The second-order valence-corrected chi connectivity index (χ2v) is 4.48. The Balaban J connectivity index is 1.86. The Morgan fingerprint density at radius 2 is 2.11 bits per heavy atom. The van der Waals surface area contributed by atoms with Crippen LogP contribution in [-0.4, -0.2) is 9.78 Å². The number of aromatic nitrogens is 2. The molecule has 1 atom stereocenters. The average Bonchev–Trinajstić information content (AvgIpc) is 2.78. The van der Waals surface area contributed by atoms with Crippen molar-refractivity contribution >= 4 is 0 Å². The highest BCUT2D eigenvalue weighted by Gasteiger charge is 2.23. The summed E-state index contributed by atoms with van der Waals surface area (Å²) in [7, 11) is 1.62. The fourth-order valence-corrected chi connectivity index (χ4v) is 2.33. The smallest absolute Gasteiger partial charge is 0.266 e. The molecule has 1 aromatic heterocycles. The molecule has 1 heterocycles. The van der Waals surface area contributed by atoms with Crippen LogP contribution in [0.5, 0.6) is 5.88 Å². The van der Waals surface area contributed by atoms with Gasteiger partial charge in [-0.05, 0) is 24.0 Å². The Hall–Kier alpha value is -2.10. The van der Waals surface area contributed by atoms with Crippen molar-refractivity contribution in [3.8, 4) is 5.88 Å². The van der Waals surface area contributed by atoms with Crippen molar-refractivity contribution in [1.82, 2.24) is 9.78 Å². The molecule has 4 heteroatoms. The van der Waals surface area contributed by atoms with Gasteiger partial charge in [0.1, 0.15) is 6.10 Å². The monoisotopic (exact) mass is 242 g/mol. The van der Waals surface area contributed by atoms with Gasteiger partial charge < -0.3 is 4.74 Å². The van der Waals surface area contributed by atoms with Crippen LogP contribution < -0.4 is 10.3 Å². The molecule has 0 saturated heterocycles. The normalized spacial score (nSPS) is 17.5. The van der Waals surface area contributed by atoms with Crippen LogP contribution in [0.2, 0.25) is 0 Å². The number of rotatable bonds is 2. The molecule has 0 bridgehead atoms. The van der Waals surface area contributed by atoms with E-state index in [1.807, 2.05) is 12.1 Å². The van der Waals surface area contributed by atoms with Crippen LogP contribution in [0.25, 0.3) is 0 Å². The van der Waals surface area contributed by atoms with Gasteiger partial charge in [0.15, 0.2) is 0 Å². The summed E-state index contributed by atoms with van der Waals surface area (Å²) >= 11 is 0. The highest BCUT2D eigenvalue weighted by molar-refractivity contribution is 5.34. The predicted molar refractivity (Wildman–Crippen MR) is 67.6 cm³/mol. The standard InChI is InChI=1S/C14H14N2O2/c1-16-14(17)9-8-13(15-16)18-12-7-6-10-4-2-3-5-11(10)12/h2-5,8-9,12H,6-7H2,1H3. The fourth-order valence-electron chi connectivity index (χ4n) is 2.33. The van der Waals surface area contributed by atoms with Gasteiger partial charge in [-0.15, -0.1) is 5.10 Å². The van der Waals surface area contributed by atoms with E-state index >= 15 is 0 Å². The van der Waals surface area contributed by atoms with E-state index in [1.165, 1.54) is 21.9 Å². The number of hydrogen-bond donors (Lipinski definition) is 0. The highest BCUT2D eigenvalue weighted by Crippen LogP contribution is 2.33. The van der Waals surface area contributed by atoms with Crippen molar-refractivity contribution in [2.45, 2.75) is 18.9 Å². The molecule has 0 aliphatic heterocycles. The minimum Gasteiger partial charge on any atom is -0.468 e. The minimum atomic E-state index is -0.130. The van der Waals surface area contributed by atoms with E-state index in [0.717, 1.165) is 12.8 Å². The lowest BCUT2D eigenvalue weighted by molar-refractivity contribution is 0.194. The largest absolute Gasteiger partial charge is 0.468 e. The third-order valence-electron chi connectivity index (χ3n) is 3.28. The summed E-state index contributed by atoms with van der Waals surface area (Å²) in [6, 6.07) is 11.4. The molecular formula is C14H14N2O2. The van der Waals surface area contributed by atoms with Gasteiger partial charge in [-0.25, -0.2) is 4.68 Å². The maximum Gasteiger partial charge on any atom is 0.266 e. The lowest BCUT2D eigenvalue weighted by Crippen LogP contribution is -2.19. The summed E-state index contributed by atoms with van der Waals surface area (Å²) in [6.45, 7) is 0. The quantitative estimate of drug-likeness (QED) is 0.807. The molecule has 92 valence electrons. The van der Waals surface area contributed by atoms with E-state index in [4.69, 9.17) is 4.74 Å². The molecule has 1 aliphatic rings. The van der Waals surface area contributed by atoms with E-state index in [1.54, 1.807) is 13.1 Å². The molecule has 0 spiro atoms. The summed E-state index contributed by atoms with van der Waals surface area (Å²) in [5, 5.41) is 4.09. The van der Waals surface area contributed by atoms with E-state index in [2.05, 4.69) is 17.2 Å². The Labute approximate surface area is 105 Å². The minimum absolute atomic E-state index is 0.0474. The molecule has 2 aromatic rings. The first-order chi connectivity index (χ1) is 8.74. The molecule has 1 unspecified atom stereocenters. The SMILES string of the molecule is Cn1nc(OC2CCc3ccccc32)ccc1=O. The molecule has 4 nitrogen and oxygen atoms in total. The van der Waals surface area contributed by atoms with Gasteiger partial charge in [-0.2, -0.15) is 0 Å². The fraction of sp³-hybridized carbons (Fsp3) is 0.286. The second kappa shape index (κ2) is 4.29. The molecule has 0 amide bonds. The summed E-state index contributed by atoms with van der Waals surface area (Å²) in [6.07, 6.45) is 2.04. The van der Waals surface area contributed by atoms with Crippen molar-refractivity contribution in [2.75, 3.05) is 0 Å². The maximum atomic E-state index is 11.3. The van der Waals surface area contributed by atoms with Crippen LogP contribution in [0.4, 0.5) is 0 Å². The van der Waals surface area contributed by atoms with Gasteiger partial charge >= 0.3 is 0 Å². The maximum absolute atomic E-state index is 11.3. The molecule has 3 rings (SSSR count). The van der Waals surface area contributed by atoms with Crippen LogP contribution in [0.15, 0.2) is 41.2 Å². The molecule has 0 saturated carbocycles. The number of fused-ring (bicyclic) bond motifs is 1. The second-order valence-electron chi connectivity index (χ2n) is 4.48. The zero-order chi connectivity index (χ0) is 12.5. The first-order valence-electron chi connectivity index (χ1n) is 6.03. The van der Waals surface area contributed by atoms with Crippen LogP contribution >= 0.6 is 0 Å². The first kappa shape index (κ1) is 11.0. The van der Waals surface area contributed by atoms with Crippen LogP contribution in [0.1, 0.15) is 23.7 Å². The summed E-state index contributed by atoms with van der Waals surface area (Å²) in [5.74, 6) is 0.499. The molecule has 1 aromatic carbocycles. The third-order valence-corrected chi connectivity index (χ3v) is 3.28. The van der Waals surface area contributed by atoms with Crippen molar-refractivity contribution < 1.29 is 4.74 Å². The van der Waals surface area contributed by atoms with E-state index < -0.39 is 0 Å². The molecule has 0 N–H and O–H groups in total. The molecule has 18 heavy (non-hydrogen) atoms. The van der Waals surface area contributed by atoms with Crippen LogP contribution in [-0.2, 0) is 13.5 Å². The van der Waals surface area contributed by atoms with Crippen molar-refractivity contribution in [1.29, 1.82) is 0 Å². The Morgan fingerprint density at radius 3 is 2.94 bits per heavy atom. The average molecular weight is 242 g/mol. The van der Waals surface area contributed by atoms with E-state index in [0.29, 0.717) is 5.88 Å². The molecule has 1 aliphatic carbocycles. The number of ether oxygens (including phenoxy) is 1. The van der Waals surface area contributed by atoms with Gasteiger partial charge in [0.05, 0.1) is 0 Å². The summed E-state index contributed by atoms with van der Waals surface area (Å²) < 4.78 is 7.15. The van der Waals surface area contributed by atoms with Gasteiger partial charge in [0, 0.05) is 19.2 Å². The van der Waals surface area contributed by atoms with Gasteiger partial charge in [0.2, 0.25) is 5.88 Å². The molecular weight excluding hydrogens is 228 g/mol. The number of aryl methyl sites for hydroxylation is 2. The first-order valence-corrected chi connectivity index (χ1v) is 6.03. The Kier molecular flexibility index (Phi) is 2.63. The number of nitrogens with zero attached hydrogens (tertiary/aromatic N) is 2. The zero-order valence-electron chi connectivity index (χ0n) is 10.2. The van der Waals surface area contributed by atoms with Crippen molar-refractivity contribution in [3.05, 3.63) is 57.9 Å². The highest BCUT2D eigenvalue weighted by atomic mass is 16.5. The Morgan fingerprint density at radius 1 is 1.28 bits per heavy atom. The van der Waals surface area contributed by atoms with Gasteiger partial charge in [-0.1, -0.05) is 24.3 Å². The van der Waals surface area contributed by atoms with Gasteiger partial charge in [0.25, 0.3) is 5.56 Å². The van der Waals surface area contributed by atoms with Crippen LogP contribution in [0.3, 0.4) is 0 Å². The predicted octanol–water partition coefficient (Wildman–Crippen LogP) is 1.85. The summed E-state index contributed by atoms with van der Waals surface area (Å²) in [4.78, 5) is 11.3. The van der Waals surface area contributed by atoms with E-state index in [-0.39, 0.29) is 11.7 Å². The lowest BCUT2D eigenvalue weighted by Gasteiger charge is -2.14. The summed E-state index contributed by atoms with van der Waals surface area (Å²) in [5.41, 5.74) is 2.44. The van der Waals surface area contributed by atoms with Crippen LogP contribution in [0, 0.1) is 0 Å². The number of benzene rings is 1. The topological polar surface area (TPSA) is 44.1 Å². The Bertz CT molecular complexity index is 634. The van der Waals surface area contributed by atoms with E-state index in [9.17, 15) is 4.79 Å². The van der Waals surface area contributed by atoms with Gasteiger partial charge in [-0.3, -0.25) is 4.79 Å². The zero-order valence-corrected chi connectivity index (χ0v) is 10.2. The lowest BCUT2D eigenvalue weighted by atomic mass is 10.1.